The van der Waals surface area contributed by atoms with Crippen LogP contribution in [0.5, 0.6) is 0 Å². The zero-order valence-corrected chi connectivity index (χ0v) is 15.3. The molecule has 3 aromatic heterocycles. The molecule has 0 atom stereocenters. The first-order chi connectivity index (χ1) is 11.2. The number of H-pyrrole nitrogens is 1. The Labute approximate surface area is 144 Å². The summed E-state index contributed by atoms with van der Waals surface area (Å²) in [5, 5.41) is 10.2. The molecule has 0 saturated heterocycles. The molecule has 0 amide bonds. The zero-order valence-electron chi connectivity index (χ0n) is 13.6. The minimum atomic E-state index is -3.68. The van der Waals surface area contributed by atoms with E-state index in [1.54, 1.807) is 32.2 Å². The number of aromatic amines is 1. The summed E-state index contributed by atoms with van der Waals surface area (Å²) in [6.45, 7) is 4.94. The Bertz CT molecular complexity index is 987. The lowest BCUT2D eigenvalue weighted by Gasteiger charge is -2.22. The van der Waals surface area contributed by atoms with Crippen LogP contribution in [0.15, 0.2) is 34.7 Å². The molecule has 3 heterocycles. The molecule has 0 aromatic carbocycles. The predicted octanol–water partition coefficient (Wildman–Crippen LogP) is 2.65. The Morgan fingerprint density at radius 3 is 2.79 bits per heavy atom. The average molecular weight is 365 g/mol. The van der Waals surface area contributed by atoms with Crippen molar-refractivity contribution in [3.63, 3.8) is 0 Å². The predicted molar refractivity (Wildman–Crippen MR) is 95.6 cm³/mol. The highest BCUT2D eigenvalue weighted by atomic mass is 32.2. The highest BCUT2D eigenvalue weighted by Crippen LogP contribution is 2.35. The second-order valence-corrected chi connectivity index (χ2v) is 9.33. The van der Waals surface area contributed by atoms with Gasteiger partial charge in [-0.3, -0.25) is 0 Å². The number of hydrogen-bond donors (Lipinski definition) is 3. The van der Waals surface area contributed by atoms with Crippen molar-refractivity contribution >= 4 is 32.4 Å². The van der Waals surface area contributed by atoms with Crippen LogP contribution < -0.4 is 4.72 Å². The third kappa shape index (κ3) is 3.23. The van der Waals surface area contributed by atoms with Crippen LogP contribution in [0.4, 0.5) is 0 Å². The van der Waals surface area contributed by atoms with Crippen LogP contribution in [0.3, 0.4) is 0 Å². The topological polar surface area (TPSA) is 95.1 Å². The summed E-state index contributed by atoms with van der Waals surface area (Å²) >= 11 is 1.19. The molecule has 8 heteroatoms. The van der Waals surface area contributed by atoms with Crippen LogP contribution >= 0.6 is 11.3 Å². The molecule has 3 aromatic rings. The van der Waals surface area contributed by atoms with E-state index in [0.29, 0.717) is 0 Å². The van der Waals surface area contributed by atoms with Crippen LogP contribution in [0.25, 0.3) is 21.5 Å². The molecular formula is C16H19N3O3S2. The Morgan fingerprint density at radius 2 is 2.08 bits per heavy atom. The molecule has 3 N–H and O–H groups in total. The summed E-state index contributed by atoms with van der Waals surface area (Å²) in [4.78, 5) is 8.32. The van der Waals surface area contributed by atoms with Crippen LogP contribution in [-0.4, -0.2) is 35.6 Å². The van der Waals surface area contributed by atoms with Gasteiger partial charge in [-0.05, 0) is 45.0 Å². The molecule has 0 saturated carbocycles. The minimum absolute atomic E-state index is 0.219. The van der Waals surface area contributed by atoms with Gasteiger partial charge in [0.05, 0.1) is 12.1 Å². The molecule has 0 aliphatic rings. The van der Waals surface area contributed by atoms with Gasteiger partial charge in [-0.1, -0.05) is 0 Å². The van der Waals surface area contributed by atoms with Gasteiger partial charge in [-0.2, -0.15) is 0 Å². The summed E-state index contributed by atoms with van der Waals surface area (Å²) in [6.07, 6.45) is 1.70. The summed E-state index contributed by atoms with van der Waals surface area (Å²) in [6, 6.07) is 7.26. The second-order valence-electron chi connectivity index (χ2n) is 6.34. The Morgan fingerprint density at radius 1 is 1.33 bits per heavy atom. The number of fused-ring (bicyclic) bond motifs is 1. The van der Waals surface area contributed by atoms with E-state index in [4.69, 9.17) is 0 Å². The third-order valence-electron chi connectivity index (χ3n) is 3.58. The van der Waals surface area contributed by atoms with Crippen molar-refractivity contribution in [2.24, 2.45) is 0 Å². The molecule has 0 spiro atoms. The molecule has 0 fully saturated rings. The molecule has 3 rings (SSSR count). The van der Waals surface area contributed by atoms with Crippen molar-refractivity contribution in [1.82, 2.24) is 14.7 Å². The Kier molecular flexibility index (Phi) is 4.25. The van der Waals surface area contributed by atoms with E-state index >= 15 is 0 Å². The minimum Gasteiger partial charge on any atom is -0.394 e. The van der Waals surface area contributed by atoms with Gasteiger partial charge in [0, 0.05) is 27.7 Å². The molecular weight excluding hydrogens is 346 g/mol. The van der Waals surface area contributed by atoms with Crippen molar-refractivity contribution < 1.29 is 13.5 Å². The normalized spacial score (nSPS) is 12.8. The highest BCUT2D eigenvalue weighted by molar-refractivity contribution is 7.91. The number of aryl methyl sites for hydroxylation is 1. The first-order valence-electron chi connectivity index (χ1n) is 7.41. The van der Waals surface area contributed by atoms with Crippen LogP contribution in [0, 0.1) is 6.92 Å². The van der Waals surface area contributed by atoms with E-state index < -0.39 is 15.6 Å². The lowest BCUT2D eigenvalue weighted by Crippen LogP contribution is -2.45. The fraction of sp³-hybridized carbons (Fsp3) is 0.312. The number of rotatable bonds is 5. The van der Waals surface area contributed by atoms with E-state index in [9.17, 15) is 13.5 Å². The smallest absolute Gasteiger partial charge is 0.250 e. The third-order valence-corrected chi connectivity index (χ3v) is 6.89. The first-order valence-corrected chi connectivity index (χ1v) is 9.71. The monoisotopic (exact) mass is 365 g/mol. The number of pyridine rings is 1. The number of aromatic nitrogens is 2. The Hall–Kier alpha value is -1.74. The number of nitrogens with zero attached hydrogens (tertiary/aromatic N) is 1. The highest BCUT2D eigenvalue weighted by Gasteiger charge is 2.27. The number of sulfonamides is 1. The summed E-state index contributed by atoms with van der Waals surface area (Å²) in [5.74, 6) is 0. The fourth-order valence-electron chi connectivity index (χ4n) is 2.43. The fourth-order valence-corrected chi connectivity index (χ4v) is 5.18. The van der Waals surface area contributed by atoms with Gasteiger partial charge >= 0.3 is 0 Å². The molecule has 0 unspecified atom stereocenters. The summed E-state index contributed by atoms with van der Waals surface area (Å²) in [5.41, 5.74) is 1.81. The number of aliphatic hydroxyl groups is 1. The quantitative estimate of drug-likeness (QED) is 0.648. The maximum Gasteiger partial charge on any atom is 0.250 e. The lowest BCUT2D eigenvalue weighted by atomic mass is 10.1. The SMILES string of the molecule is Cc1cc2c(-c3ccc(S(=O)(=O)NC(C)(C)CO)s3)ccnc2[nH]1. The van der Waals surface area contributed by atoms with Gasteiger partial charge in [-0.25, -0.2) is 18.1 Å². The van der Waals surface area contributed by atoms with Crippen LogP contribution in [0.2, 0.25) is 0 Å². The van der Waals surface area contributed by atoms with Crippen molar-refractivity contribution in [2.75, 3.05) is 6.61 Å². The molecule has 0 radical (unpaired) electrons. The van der Waals surface area contributed by atoms with E-state index in [1.165, 1.54) is 11.3 Å². The van der Waals surface area contributed by atoms with Crippen molar-refractivity contribution in [3.8, 4) is 10.4 Å². The van der Waals surface area contributed by atoms with Gasteiger partial charge in [0.1, 0.15) is 9.86 Å². The van der Waals surface area contributed by atoms with E-state index in [2.05, 4.69) is 14.7 Å². The second kappa shape index (κ2) is 5.96. The van der Waals surface area contributed by atoms with Gasteiger partial charge in [0.2, 0.25) is 0 Å². The van der Waals surface area contributed by atoms with E-state index in [0.717, 1.165) is 27.2 Å². The number of nitrogens with one attached hydrogen (secondary N) is 2. The van der Waals surface area contributed by atoms with Crippen LogP contribution in [-0.2, 0) is 10.0 Å². The number of hydrogen-bond acceptors (Lipinski definition) is 5. The van der Waals surface area contributed by atoms with Crippen molar-refractivity contribution in [1.29, 1.82) is 0 Å². The molecule has 24 heavy (non-hydrogen) atoms. The first kappa shape index (κ1) is 17.1. The van der Waals surface area contributed by atoms with E-state index in [1.807, 2.05) is 19.1 Å². The van der Waals surface area contributed by atoms with Gasteiger partial charge < -0.3 is 10.1 Å². The van der Waals surface area contributed by atoms with E-state index in [-0.39, 0.29) is 10.8 Å². The van der Waals surface area contributed by atoms with Gasteiger partial charge in [0.15, 0.2) is 0 Å². The molecule has 0 aliphatic carbocycles. The number of thiophene rings is 1. The molecule has 128 valence electrons. The molecule has 0 aliphatic heterocycles. The average Bonchev–Trinajstić information content (AvgIpc) is 3.11. The summed E-state index contributed by atoms with van der Waals surface area (Å²) < 4.78 is 27.7. The maximum absolute atomic E-state index is 12.5. The largest absolute Gasteiger partial charge is 0.394 e. The maximum atomic E-state index is 12.5. The molecule has 0 bridgehead atoms. The number of aliphatic hydroxyl groups excluding tert-OH is 1. The lowest BCUT2D eigenvalue weighted by molar-refractivity contribution is 0.208. The van der Waals surface area contributed by atoms with Crippen molar-refractivity contribution in [3.05, 3.63) is 36.2 Å². The Balaban J connectivity index is 2.01. The van der Waals surface area contributed by atoms with Gasteiger partial charge in [0.25, 0.3) is 10.0 Å². The standard InChI is InChI=1S/C16H19N3O3S2/c1-10-8-12-11(6-7-17-15(12)18-10)13-4-5-14(23-13)24(21,22)19-16(2,3)9-20/h4-8,19-20H,9H2,1-3H3,(H,17,18). The van der Waals surface area contributed by atoms with Crippen LogP contribution in [0.1, 0.15) is 19.5 Å². The zero-order chi connectivity index (χ0) is 17.5. The van der Waals surface area contributed by atoms with Gasteiger partial charge in [-0.15, -0.1) is 11.3 Å². The molecule has 6 nitrogen and oxygen atoms in total. The summed E-state index contributed by atoms with van der Waals surface area (Å²) in [7, 11) is -3.68. The van der Waals surface area contributed by atoms with Crippen molar-refractivity contribution in [2.45, 2.75) is 30.5 Å².